The van der Waals surface area contributed by atoms with Gasteiger partial charge in [-0.1, -0.05) is 0 Å². The molecule has 0 saturated carbocycles. The number of nitrogens with zero attached hydrogens (tertiary/aromatic N) is 2. The van der Waals surface area contributed by atoms with E-state index >= 15 is 0 Å². The van der Waals surface area contributed by atoms with Gasteiger partial charge in [-0.3, -0.25) is 4.99 Å². The molecular weight excluding hydrogens is 309 g/mol. The largest absolute Gasteiger partial charge is 0.489 e. The molecule has 0 bridgehead atoms. The van der Waals surface area contributed by atoms with Gasteiger partial charge in [0, 0.05) is 32.7 Å². The molecule has 0 spiro atoms. The molecule has 134 valence electrons. The molecular formula is C18H28FN3O2. The lowest BCUT2D eigenvalue weighted by Gasteiger charge is -2.23. The van der Waals surface area contributed by atoms with Crippen LogP contribution in [0.15, 0.2) is 29.3 Å². The highest BCUT2D eigenvalue weighted by Crippen LogP contribution is 2.17. The molecule has 0 aliphatic carbocycles. The van der Waals surface area contributed by atoms with Gasteiger partial charge >= 0.3 is 0 Å². The minimum absolute atomic E-state index is 0.0472. The number of hydrogen-bond donors (Lipinski definition) is 1. The quantitative estimate of drug-likeness (QED) is 0.613. The van der Waals surface area contributed by atoms with E-state index in [1.54, 1.807) is 19.2 Å². The number of ether oxygens (including phenoxy) is 2. The Morgan fingerprint density at radius 3 is 2.83 bits per heavy atom. The van der Waals surface area contributed by atoms with Crippen molar-refractivity contribution in [3.05, 3.63) is 30.1 Å². The Hall–Kier alpha value is -1.82. The molecule has 5 nitrogen and oxygen atoms in total. The van der Waals surface area contributed by atoms with Crippen molar-refractivity contribution in [2.24, 2.45) is 10.9 Å². The highest BCUT2D eigenvalue weighted by molar-refractivity contribution is 5.80. The summed E-state index contributed by atoms with van der Waals surface area (Å²) in [6.45, 7) is 8.17. The fourth-order valence-corrected chi connectivity index (χ4v) is 2.80. The van der Waals surface area contributed by atoms with Gasteiger partial charge in [0.25, 0.3) is 0 Å². The average Bonchev–Trinajstić information content (AvgIpc) is 3.04. The van der Waals surface area contributed by atoms with Crippen molar-refractivity contribution < 1.29 is 13.9 Å². The van der Waals surface area contributed by atoms with Crippen molar-refractivity contribution in [1.82, 2.24) is 10.2 Å². The second-order valence-electron chi connectivity index (χ2n) is 6.07. The van der Waals surface area contributed by atoms with Gasteiger partial charge in [-0.2, -0.15) is 0 Å². The Morgan fingerprint density at radius 1 is 1.42 bits per heavy atom. The molecule has 2 rings (SSSR count). The van der Waals surface area contributed by atoms with Crippen molar-refractivity contribution in [3.63, 3.8) is 0 Å². The minimum Gasteiger partial charge on any atom is -0.489 e. The van der Waals surface area contributed by atoms with Gasteiger partial charge in [-0.15, -0.1) is 0 Å². The maximum Gasteiger partial charge on any atom is 0.193 e. The zero-order chi connectivity index (χ0) is 17.4. The van der Waals surface area contributed by atoms with E-state index in [4.69, 9.17) is 9.47 Å². The molecule has 2 atom stereocenters. The van der Waals surface area contributed by atoms with E-state index in [2.05, 4.69) is 15.2 Å². The van der Waals surface area contributed by atoms with Crippen LogP contribution in [0.25, 0.3) is 0 Å². The zero-order valence-corrected chi connectivity index (χ0v) is 14.8. The number of guanidine groups is 1. The van der Waals surface area contributed by atoms with Crippen molar-refractivity contribution in [1.29, 1.82) is 0 Å². The number of aliphatic imine (C=N–C) groups is 1. The highest BCUT2D eigenvalue weighted by Gasteiger charge is 2.25. The molecule has 24 heavy (non-hydrogen) atoms. The van der Waals surface area contributed by atoms with E-state index in [1.165, 1.54) is 12.1 Å². The van der Waals surface area contributed by atoms with Crippen molar-refractivity contribution in [2.45, 2.75) is 26.4 Å². The van der Waals surface area contributed by atoms with Crippen molar-refractivity contribution in [2.75, 3.05) is 39.9 Å². The molecule has 1 aliphatic rings. The number of likely N-dealkylation sites (tertiary alicyclic amines) is 1. The van der Waals surface area contributed by atoms with Gasteiger partial charge < -0.3 is 19.7 Å². The van der Waals surface area contributed by atoms with Gasteiger partial charge in [0.1, 0.15) is 17.7 Å². The Labute approximate surface area is 143 Å². The van der Waals surface area contributed by atoms with E-state index in [-0.39, 0.29) is 11.9 Å². The van der Waals surface area contributed by atoms with Crippen LogP contribution in [0.3, 0.4) is 0 Å². The Bertz CT molecular complexity index is 522. The molecule has 0 radical (unpaired) electrons. The lowest BCUT2D eigenvalue weighted by Crippen LogP contribution is -2.43. The second-order valence-corrected chi connectivity index (χ2v) is 6.07. The summed E-state index contributed by atoms with van der Waals surface area (Å²) in [5, 5.41) is 3.36. The molecule has 1 aromatic carbocycles. The first-order valence-corrected chi connectivity index (χ1v) is 8.58. The molecule has 0 amide bonds. The molecule has 1 aliphatic heterocycles. The van der Waals surface area contributed by atoms with Crippen LogP contribution in [-0.2, 0) is 4.74 Å². The Balaban J connectivity index is 1.76. The van der Waals surface area contributed by atoms with Crippen molar-refractivity contribution in [3.8, 4) is 5.75 Å². The fourth-order valence-electron chi connectivity index (χ4n) is 2.80. The van der Waals surface area contributed by atoms with Crippen LogP contribution < -0.4 is 10.1 Å². The summed E-state index contributed by atoms with van der Waals surface area (Å²) < 4.78 is 24.2. The summed E-state index contributed by atoms with van der Waals surface area (Å²) in [5.41, 5.74) is 0. The van der Waals surface area contributed by atoms with Crippen LogP contribution in [0.2, 0.25) is 0 Å². The predicted molar refractivity (Wildman–Crippen MR) is 94.0 cm³/mol. The summed E-state index contributed by atoms with van der Waals surface area (Å²) in [6.07, 6.45) is 1.08. The number of rotatable bonds is 7. The van der Waals surface area contributed by atoms with Gasteiger partial charge in [0.2, 0.25) is 0 Å². The van der Waals surface area contributed by atoms with Gasteiger partial charge in [-0.25, -0.2) is 4.39 Å². The third-order valence-electron chi connectivity index (χ3n) is 4.05. The third kappa shape index (κ3) is 5.67. The smallest absolute Gasteiger partial charge is 0.193 e. The number of nitrogens with one attached hydrogen (secondary N) is 1. The van der Waals surface area contributed by atoms with Gasteiger partial charge in [-0.05, 0) is 44.5 Å². The topological polar surface area (TPSA) is 46.1 Å². The SMILES string of the molecule is CCOCC1CCN(C(=NC)NCC(C)Oc2ccc(F)cc2)C1. The molecule has 1 aromatic rings. The Morgan fingerprint density at radius 2 is 2.17 bits per heavy atom. The fraction of sp³-hybridized carbons (Fsp3) is 0.611. The van der Waals surface area contributed by atoms with Crippen LogP contribution in [0.5, 0.6) is 5.75 Å². The molecule has 0 aromatic heterocycles. The monoisotopic (exact) mass is 337 g/mol. The van der Waals surface area contributed by atoms with E-state index in [1.807, 2.05) is 13.8 Å². The second kappa shape index (κ2) is 9.47. The van der Waals surface area contributed by atoms with Crippen molar-refractivity contribution >= 4 is 5.96 Å². The summed E-state index contributed by atoms with van der Waals surface area (Å²) >= 11 is 0. The van der Waals surface area contributed by atoms with Gasteiger partial charge in [0.05, 0.1) is 13.2 Å². The average molecular weight is 337 g/mol. The number of hydrogen-bond acceptors (Lipinski definition) is 3. The first-order valence-electron chi connectivity index (χ1n) is 8.58. The van der Waals surface area contributed by atoms with Crippen LogP contribution >= 0.6 is 0 Å². The number of halogens is 1. The third-order valence-corrected chi connectivity index (χ3v) is 4.05. The first-order chi connectivity index (χ1) is 11.6. The molecule has 1 fully saturated rings. The zero-order valence-electron chi connectivity index (χ0n) is 14.8. The van der Waals surface area contributed by atoms with Crippen LogP contribution in [0.1, 0.15) is 20.3 Å². The Kier molecular flexibility index (Phi) is 7.31. The molecule has 1 heterocycles. The molecule has 2 unspecified atom stereocenters. The summed E-state index contributed by atoms with van der Waals surface area (Å²) in [6, 6.07) is 6.08. The summed E-state index contributed by atoms with van der Waals surface area (Å²) in [7, 11) is 1.80. The van der Waals surface area contributed by atoms with E-state index in [9.17, 15) is 4.39 Å². The van der Waals surface area contributed by atoms with Gasteiger partial charge in [0.15, 0.2) is 5.96 Å². The predicted octanol–water partition coefficient (Wildman–Crippen LogP) is 2.53. The highest BCUT2D eigenvalue weighted by atomic mass is 19.1. The number of benzene rings is 1. The molecule has 1 saturated heterocycles. The summed E-state index contributed by atoms with van der Waals surface area (Å²) in [4.78, 5) is 6.62. The van der Waals surface area contributed by atoms with E-state index in [0.29, 0.717) is 18.2 Å². The normalized spacial score (nSPS) is 19.4. The van der Waals surface area contributed by atoms with E-state index in [0.717, 1.165) is 38.7 Å². The first kappa shape index (κ1) is 18.5. The molecule has 1 N–H and O–H groups in total. The van der Waals surface area contributed by atoms with Crippen LogP contribution in [-0.4, -0.2) is 56.9 Å². The summed E-state index contributed by atoms with van der Waals surface area (Å²) in [5.74, 6) is 1.86. The lowest BCUT2D eigenvalue weighted by atomic mass is 10.1. The van der Waals surface area contributed by atoms with Crippen LogP contribution in [0.4, 0.5) is 4.39 Å². The maximum atomic E-state index is 12.9. The van der Waals surface area contributed by atoms with E-state index < -0.39 is 0 Å². The van der Waals surface area contributed by atoms with Crippen LogP contribution in [0, 0.1) is 11.7 Å². The lowest BCUT2D eigenvalue weighted by molar-refractivity contribution is 0.114. The minimum atomic E-state index is -0.260. The molecule has 6 heteroatoms. The maximum absolute atomic E-state index is 12.9. The standard InChI is InChI=1S/C18H28FN3O2/c1-4-23-13-15-9-10-22(12-15)18(20-3)21-11-14(2)24-17-7-5-16(19)6-8-17/h5-8,14-15H,4,9-13H2,1-3H3,(H,20,21).